The number of likely N-dealkylation sites (tertiary alicyclic amines) is 2. The third kappa shape index (κ3) is 5.48. The molecule has 2 aliphatic rings. The fourth-order valence-electron chi connectivity index (χ4n) is 5.03. The molecule has 3 heterocycles. The third-order valence-corrected chi connectivity index (χ3v) is 7.21. The number of halogens is 1. The monoisotopic (exact) mass is 462 g/mol. The second-order valence-corrected chi connectivity index (χ2v) is 9.73. The first kappa shape index (κ1) is 22.2. The maximum Gasteiger partial charge on any atom is 0.321 e. The molecule has 0 atom stereocenters. The first-order valence-corrected chi connectivity index (χ1v) is 12.5. The highest BCUT2D eigenvalue weighted by Crippen LogP contribution is 2.29. The van der Waals surface area contributed by atoms with E-state index in [2.05, 4.69) is 34.5 Å². The van der Waals surface area contributed by atoms with Crippen molar-refractivity contribution in [3.63, 3.8) is 0 Å². The van der Waals surface area contributed by atoms with Crippen LogP contribution in [-0.2, 0) is 6.54 Å². The van der Waals surface area contributed by atoms with Crippen molar-refractivity contribution >= 4 is 34.2 Å². The Hall–Kier alpha value is -2.63. The number of pyridine rings is 1. The Bertz CT molecular complexity index is 1100. The number of urea groups is 1. The van der Waals surface area contributed by atoms with Gasteiger partial charge in [0, 0.05) is 35.7 Å². The molecule has 0 radical (unpaired) electrons. The van der Waals surface area contributed by atoms with Crippen LogP contribution in [0.25, 0.3) is 10.9 Å². The van der Waals surface area contributed by atoms with Crippen LogP contribution in [-0.4, -0.2) is 47.0 Å². The minimum Gasteiger partial charge on any atom is -0.324 e. The summed E-state index contributed by atoms with van der Waals surface area (Å²) in [4.78, 5) is 22.1. The molecule has 172 valence electrons. The average Bonchev–Trinajstić information content (AvgIpc) is 2.85. The Kier molecular flexibility index (Phi) is 6.79. The summed E-state index contributed by atoms with van der Waals surface area (Å²) < 4.78 is 0. The van der Waals surface area contributed by atoms with Gasteiger partial charge in [-0.15, -0.1) is 0 Å². The van der Waals surface area contributed by atoms with Crippen LogP contribution in [0.2, 0.25) is 5.02 Å². The van der Waals surface area contributed by atoms with Gasteiger partial charge in [0.15, 0.2) is 0 Å². The van der Waals surface area contributed by atoms with E-state index in [0.717, 1.165) is 59.8 Å². The van der Waals surface area contributed by atoms with Crippen molar-refractivity contribution in [1.29, 1.82) is 0 Å². The lowest BCUT2D eigenvalue weighted by atomic mass is 9.89. The molecule has 1 aromatic heterocycles. The van der Waals surface area contributed by atoms with Crippen LogP contribution >= 0.6 is 11.6 Å². The summed E-state index contributed by atoms with van der Waals surface area (Å²) in [6, 6.07) is 18.3. The molecule has 2 fully saturated rings. The van der Waals surface area contributed by atoms with Crippen LogP contribution in [0, 0.1) is 0 Å². The van der Waals surface area contributed by atoms with Crippen molar-refractivity contribution in [1.82, 2.24) is 14.8 Å². The molecule has 2 aromatic carbocycles. The van der Waals surface area contributed by atoms with Gasteiger partial charge in [-0.3, -0.25) is 9.88 Å². The summed E-state index contributed by atoms with van der Waals surface area (Å²) in [5, 5.41) is 4.90. The molecule has 3 aromatic rings. The fourth-order valence-corrected chi connectivity index (χ4v) is 5.16. The zero-order chi connectivity index (χ0) is 22.6. The highest BCUT2D eigenvalue weighted by atomic mass is 35.5. The number of hydrogen-bond donors (Lipinski definition) is 1. The van der Waals surface area contributed by atoms with E-state index in [4.69, 9.17) is 16.6 Å². The molecule has 33 heavy (non-hydrogen) atoms. The molecule has 2 amide bonds. The van der Waals surface area contributed by atoms with Crippen molar-refractivity contribution in [2.24, 2.45) is 0 Å². The van der Waals surface area contributed by atoms with Crippen molar-refractivity contribution in [3.8, 4) is 0 Å². The van der Waals surface area contributed by atoms with Gasteiger partial charge < -0.3 is 10.2 Å². The van der Waals surface area contributed by atoms with Crippen LogP contribution in [0.5, 0.6) is 0 Å². The summed E-state index contributed by atoms with van der Waals surface area (Å²) >= 11 is 6.01. The van der Waals surface area contributed by atoms with E-state index in [9.17, 15) is 4.79 Å². The van der Waals surface area contributed by atoms with Crippen LogP contribution in [0.3, 0.4) is 0 Å². The number of fused-ring (bicyclic) bond motifs is 1. The first-order valence-electron chi connectivity index (χ1n) is 12.1. The van der Waals surface area contributed by atoms with E-state index in [1.54, 1.807) is 0 Å². The third-order valence-electron chi connectivity index (χ3n) is 6.96. The minimum absolute atomic E-state index is 0.0291. The average molecular weight is 463 g/mol. The zero-order valence-corrected chi connectivity index (χ0v) is 19.7. The Morgan fingerprint density at radius 2 is 1.70 bits per heavy atom. The fraction of sp³-hybridized carbons (Fsp3) is 0.407. The van der Waals surface area contributed by atoms with Crippen molar-refractivity contribution in [2.45, 2.75) is 44.6 Å². The standard InChI is InChI=1S/C27H31ClN4O/c28-23-7-4-20(5-8-23)21-12-16-32(17-13-21)27(33)30-24-10-11-26-22(18-24)6-9-25(29-26)19-31-14-2-1-3-15-31/h4-11,18,21H,1-3,12-17,19H2,(H,30,33). The molecule has 0 spiro atoms. The van der Waals surface area contributed by atoms with E-state index in [0.29, 0.717) is 5.92 Å². The smallest absolute Gasteiger partial charge is 0.321 e. The lowest BCUT2D eigenvalue weighted by molar-refractivity contribution is 0.194. The topological polar surface area (TPSA) is 48.5 Å². The highest BCUT2D eigenvalue weighted by Gasteiger charge is 2.24. The number of amides is 2. The van der Waals surface area contributed by atoms with Crippen LogP contribution in [0.1, 0.15) is 49.3 Å². The second-order valence-electron chi connectivity index (χ2n) is 9.29. The molecular formula is C27H31ClN4O. The Labute approximate surface area is 200 Å². The molecule has 2 aliphatic heterocycles. The normalized spacial score (nSPS) is 17.9. The lowest BCUT2D eigenvalue weighted by Crippen LogP contribution is -2.40. The number of carbonyl (C=O) groups is 1. The number of nitrogens with one attached hydrogen (secondary N) is 1. The number of rotatable bonds is 4. The largest absolute Gasteiger partial charge is 0.324 e. The molecular weight excluding hydrogens is 432 g/mol. The van der Waals surface area contributed by atoms with Gasteiger partial charge in [0.1, 0.15) is 0 Å². The van der Waals surface area contributed by atoms with E-state index >= 15 is 0 Å². The number of aromatic nitrogens is 1. The van der Waals surface area contributed by atoms with Crippen molar-refractivity contribution in [2.75, 3.05) is 31.5 Å². The quantitative estimate of drug-likeness (QED) is 0.496. The summed E-state index contributed by atoms with van der Waals surface area (Å²) in [7, 11) is 0. The second kappa shape index (κ2) is 10.1. The highest BCUT2D eigenvalue weighted by molar-refractivity contribution is 6.30. The summed E-state index contributed by atoms with van der Waals surface area (Å²) in [5.74, 6) is 0.484. The van der Waals surface area contributed by atoms with E-state index in [-0.39, 0.29) is 6.03 Å². The van der Waals surface area contributed by atoms with Gasteiger partial charge in [-0.25, -0.2) is 4.79 Å². The van der Waals surface area contributed by atoms with Gasteiger partial charge >= 0.3 is 6.03 Å². The van der Waals surface area contributed by atoms with Gasteiger partial charge in [-0.2, -0.15) is 0 Å². The molecule has 0 aliphatic carbocycles. The molecule has 6 heteroatoms. The van der Waals surface area contributed by atoms with Crippen molar-refractivity contribution < 1.29 is 4.79 Å². The Balaban J connectivity index is 1.18. The van der Waals surface area contributed by atoms with Crippen LogP contribution in [0.15, 0.2) is 54.6 Å². The van der Waals surface area contributed by atoms with Gasteiger partial charge in [0.05, 0.1) is 11.2 Å². The summed E-state index contributed by atoms with van der Waals surface area (Å²) in [6.07, 6.45) is 5.86. The molecule has 2 saturated heterocycles. The van der Waals surface area contributed by atoms with Crippen LogP contribution < -0.4 is 5.32 Å². The number of carbonyl (C=O) groups excluding carboxylic acids is 1. The minimum atomic E-state index is -0.0291. The first-order chi connectivity index (χ1) is 16.1. The van der Waals surface area contributed by atoms with Gasteiger partial charge in [0.2, 0.25) is 0 Å². The van der Waals surface area contributed by atoms with E-state index in [1.165, 1.54) is 37.9 Å². The van der Waals surface area contributed by atoms with Crippen molar-refractivity contribution in [3.05, 3.63) is 70.9 Å². The Morgan fingerprint density at radius 3 is 2.45 bits per heavy atom. The zero-order valence-electron chi connectivity index (χ0n) is 19.0. The van der Waals surface area contributed by atoms with Gasteiger partial charge in [0.25, 0.3) is 0 Å². The molecule has 5 nitrogen and oxygen atoms in total. The summed E-state index contributed by atoms with van der Waals surface area (Å²) in [5.41, 5.74) is 4.22. The van der Waals surface area contributed by atoms with Gasteiger partial charge in [-0.05, 0) is 86.7 Å². The molecule has 0 saturated carbocycles. The number of hydrogen-bond acceptors (Lipinski definition) is 3. The Morgan fingerprint density at radius 1 is 0.939 bits per heavy atom. The number of nitrogens with zero attached hydrogens (tertiary/aromatic N) is 3. The number of piperidine rings is 2. The molecule has 0 unspecified atom stereocenters. The molecule has 5 rings (SSSR count). The molecule has 0 bridgehead atoms. The maximum atomic E-state index is 12.8. The predicted octanol–water partition coefficient (Wildman–Crippen LogP) is 6.29. The number of anilines is 1. The van der Waals surface area contributed by atoms with Crippen LogP contribution in [0.4, 0.5) is 10.5 Å². The predicted molar refractivity (Wildman–Crippen MR) is 135 cm³/mol. The SMILES string of the molecule is O=C(Nc1ccc2nc(CN3CCCCC3)ccc2c1)N1CCC(c2ccc(Cl)cc2)CC1. The summed E-state index contributed by atoms with van der Waals surface area (Å²) in [6.45, 7) is 4.77. The van der Waals surface area contributed by atoms with E-state index < -0.39 is 0 Å². The van der Waals surface area contributed by atoms with E-state index in [1.807, 2.05) is 35.2 Å². The maximum absolute atomic E-state index is 12.8. The molecule has 1 N–H and O–H groups in total. The van der Waals surface area contributed by atoms with Gasteiger partial charge in [-0.1, -0.05) is 36.2 Å². The number of benzene rings is 2. The lowest BCUT2D eigenvalue weighted by Gasteiger charge is -2.32.